The van der Waals surface area contributed by atoms with Gasteiger partial charge in [0.15, 0.2) is 0 Å². The number of amides is 1. The van der Waals surface area contributed by atoms with Crippen LogP contribution in [0, 0.1) is 0 Å². The number of aliphatic carboxylic acids is 1. The Kier molecular flexibility index (Phi) is 4.74. The van der Waals surface area contributed by atoms with Crippen LogP contribution < -0.4 is 10.6 Å². The van der Waals surface area contributed by atoms with Crippen molar-refractivity contribution in [1.29, 1.82) is 0 Å². The van der Waals surface area contributed by atoms with E-state index < -0.39 is 18.1 Å². The van der Waals surface area contributed by atoms with Gasteiger partial charge in [-0.15, -0.1) is 0 Å². The predicted molar refractivity (Wildman–Crippen MR) is 75.4 cm³/mol. The van der Waals surface area contributed by atoms with E-state index in [0.29, 0.717) is 12.8 Å². The quantitative estimate of drug-likeness (QED) is 0.756. The zero-order valence-electron chi connectivity index (χ0n) is 11.6. The van der Waals surface area contributed by atoms with Gasteiger partial charge in [-0.1, -0.05) is 37.6 Å². The predicted octanol–water partition coefficient (Wildman–Crippen LogP) is 1.24. The molecule has 0 aliphatic carbocycles. The third kappa shape index (κ3) is 3.17. The maximum absolute atomic E-state index is 12.3. The highest BCUT2D eigenvalue weighted by Gasteiger charge is 2.28. The minimum Gasteiger partial charge on any atom is -0.480 e. The Hall–Kier alpha value is -1.88. The number of benzene rings is 1. The smallest absolute Gasteiger partial charge is 0.326 e. The first-order valence-corrected chi connectivity index (χ1v) is 6.98. The molecule has 1 aromatic rings. The van der Waals surface area contributed by atoms with Crippen LogP contribution in [0.5, 0.6) is 0 Å². The Morgan fingerprint density at radius 2 is 2.20 bits per heavy atom. The molecule has 0 saturated heterocycles. The summed E-state index contributed by atoms with van der Waals surface area (Å²) in [6.45, 7) is 2.62. The first kappa shape index (κ1) is 14.5. The van der Waals surface area contributed by atoms with Crippen molar-refractivity contribution < 1.29 is 14.7 Å². The molecule has 0 spiro atoms. The van der Waals surface area contributed by atoms with Gasteiger partial charge in [0.25, 0.3) is 0 Å². The summed E-state index contributed by atoms with van der Waals surface area (Å²) in [7, 11) is 0. The van der Waals surface area contributed by atoms with E-state index in [1.54, 1.807) is 0 Å². The van der Waals surface area contributed by atoms with Gasteiger partial charge in [0.1, 0.15) is 12.1 Å². The second-order valence-corrected chi connectivity index (χ2v) is 5.02. The normalized spacial score (nSPS) is 18.9. The molecule has 2 rings (SSSR count). The molecular formula is C15H20N2O3. The van der Waals surface area contributed by atoms with Gasteiger partial charge < -0.3 is 15.7 Å². The number of carbonyl (C=O) groups is 2. The molecule has 3 N–H and O–H groups in total. The molecule has 0 bridgehead atoms. The van der Waals surface area contributed by atoms with Gasteiger partial charge in [0, 0.05) is 6.54 Å². The first-order valence-electron chi connectivity index (χ1n) is 6.98. The molecule has 1 unspecified atom stereocenters. The van der Waals surface area contributed by atoms with Crippen molar-refractivity contribution in [3.63, 3.8) is 0 Å². The van der Waals surface area contributed by atoms with E-state index in [2.05, 4.69) is 10.6 Å². The Morgan fingerprint density at radius 3 is 2.90 bits per heavy atom. The van der Waals surface area contributed by atoms with E-state index in [-0.39, 0.29) is 5.91 Å². The van der Waals surface area contributed by atoms with Crippen LogP contribution in [-0.2, 0) is 16.0 Å². The molecule has 5 heteroatoms. The Bertz CT molecular complexity index is 502. The van der Waals surface area contributed by atoms with Crippen molar-refractivity contribution in [3.05, 3.63) is 35.4 Å². The highest BCUT2D eigenvalue weighted by Crippen LogP contribution is 2.22. The zero-order valence-corrected chi connectivity index (χ0v) is 11.6. The molecule has 0 fully saturated rings. The topological polar surface area (TPSA) is 78.4 Å². The largest absolute Gasteiger partial charge is 0.480 e. The number of rotatable bonds is 5. The van der Waals surface area contributed by atoms with E-state index in [9.17, 15) is 9.59 Å². The summed E-state index contributed by atoms with van der Waals surface area (Å²) in [5.41, 5.74) is 2.09. The molecule has 1 amide bonds. The van der Waals surface area contributed by atoms with Crippen LogP contribution in [0.2, 0.25) is 0 Å². The van der Waals surface area contributed by atoms with Crippen molar-refractivity contribution in [2.45, 2.75) is 38.3 Å². The monoisotopic (exact) mass is 276 g/mol. The Labute approximate surface area is 118 Å². The third-order valence-electron chi connectivity index (χ3n) is 3.56. The summed E-state index contributed by atoms with van der Waals surface area (Å²) < 4.78 is 0. The highest BCUT2D eigenvalue weighted by atomic mass is 16.4. The average Bonchev–Trinajstić information content (AvgIpc) is 2.46. The van der Waals surface area contributed by atoms with Gasteiger partial charge in [-0.05, 0) is 24.0 Å². The number of carbonyl (C=O) groups excluding carboxylic acids is 1. The van der Waals surface area contributed by atoms with Crippen molar-refractivity contribution in [2.75, 3.05) is 6.54 Å². The zero-order chi connectivity index (χ0) is 14.5. The van der Waals surface area contributed by atoms with Gasteiger partial charge in [-0.25, -0.2) is 4.79 Å². The fraction of sp³-hybridized carbons (Fsp3) is 0.467. The molecule has 0 aromatic heterocycles. The molecule has 1 aromatic carbocycles. The summed E-state index contributed by atoms with van der Waals surface area (Å²) in [5, 5.41) is 14.9. The summed E-state index contributed by atoms with van der Waals surface area (Å²) in [5.74, 6) is -1.25. The fourth-order valence-electron chi connectivity index (χ4n) is 2.54. The lowest BCUT2D eigenvalue weighted by atomic mass is 9.93. The molecule has 1 aliphatic rings. The van der Waals surface area contributed by atoms with Crippen LogP contribution in [0.4, 0.5) is 0 Å². The number of fused-ring (bicyclic) bond motifs is 1. The van der Waals surface area contributed by atoms with Crippen LogP contribution in [0.1, 0.15) is 36.9 Å². The minimum absolute atomic E-state index is 0.266. The molecule has 1 heterocycles. The average molecular weight is 276 g/mol. The molecule has 108 valence electrons. The second kappa shape index (κ2) is 6.52. The maximum Gasteiger partial charge on any atom is 0.326 e. The molecule has 1 aliphatic heterocycles. The van der Waals surface area contributed by atoms with Crippen molar-refractivity contribution in [1.82, 2.24) is 10.6 Å². The van der Waals surface area contributed by atoms with E-state index in [0.717, 1.165) is 24.1 Å². The second-order valence-electron chi connectivity index (χ2n) is 5.02. The number of carboxylic acid groups (broad SMARTS) is 1. The van der Waals surface area contributed by atoms with Gasteiger partial charge in [0.2, 0.25) is 5.91 Å². The van der Waals surface area contributed by atoms with Gasteiger partial charge in [0.05, 0.1) is 0 Å². The minimum atomic E-state index is -0.982. The summed E-state index contributed by atoms with van der Waals surface area (Å²) in [6, 6.07) is 6.50. The first-order chi connectivity index (χ1) is 9.63. The molecule has 0 radical (unpaired) electrons. The van der Waals surface area contributed by atoms with Crippen LogP contribution in [-0.4, -0.2) is 29.6 Å². The van der Waals surface area contributed by atoms with Crippen LogP contribution in [0.3, 0.4) is 0 Å². The van der Waals surface area contributed by atoms with E-state index in [1.807, 2.05) is 31.2 Å². The van der Waals surface area contributed by atoms with E-state index in [4.69, 9.17) is 5.11 Å². The van der Waals surface area contributed by atoms with Crippen molar-refractivity contribution in [2.24, 2.45) is 0 Å². The SMILES string of the molecule is CCC[C@H](NC(=O)C1NCCc2ccccc21)C(=O)O. The van der Waals surface area contributed by atoms with Crippen LogP contribution >= 0.6 is 0 Å². The van der Waals surface area contributed by atoms with Crippen molar-refractivity contribution in [3.8, 4) is 0 Å². The number of hydrogen-bond acceptors (Lipinski definition) is 3. The molecular weight excluding hydrogens is 256 g/mol. The van der Waals surface area contributed by atoms with Gasteiger partial charge >= 0.3 is 5.97 Å². The third-order valence-corrected chi connectivity index (χ3v) is 3.56. The lowest BCUT2D eigenvalue weighted by Crippen LogP contribution is -2.47. The summed E-state index contributed by atoms with van der Waals surface area (Å²) in [6.07, 6.45) is 2.04. The Morgan fingerprint density at radius 1 is 1.45 bits per heavy atom. The molecule has 20 heavy (non-hydrogen) atoms. The fourth-order valence-corrected chi connectivity index (χ4v) is 2.54. The molecule has 0 saturated carbocycles. The van der Waals surface area contributed by atoms with E-state index in [1.165, 1.54) is 0 Å². The van der Waals surface area contributed by atoms with Crippen molar-refractivity contribution >= 4 is 11.9 Å². The maximum atomic E-state index is 12.3. The number of hydrogen-bond donors (Lipinski definition) is 3. The molecule has 2 atom stereocenters. The van der Waals surface area contributed by atoms with E-state index >= 15 is 0 Å². The lowest BCUT2D eigenvalue weighted by molar-refractivity contribution is -0.142. The Balaban J connectivity index is 2.12. The van der Waals surface area contributed by atoms with Gasteiger partial charge in [-0.3, -0.25) is 4.79 Å². The number of carboxylic acids is 1. The summed E-state index contributed by atoms with van der Waals surface area (Å²) in [4.78, 5) is 23.4. The lowest BCUT2D eigenvalue weighted by Gasteiger charge is -2.27. The molecule has 5 nitrogen and oxygen atoms in total. The highest BCUT2D eigenvalue weighted by molar-refractivity contribution is 5.88. The van der Waals surface area contributed by atoms with Gasteiger partial charge in [-0.2, -0.15) is 0 Å². The van der Waals surface area contributed by atoms with Crippen LogP contribution in [0.25, 0.3) is 0 Å². The summed E-state index contributed by atoms with van der Waals surface area (Å²) >= 11 is 0. The standard InChI is InChI=1S/C15H20N2O3/c1-2-5-12(15(19)20)17-14(18)13-11-7-4-3-6-10(11)8-9-16-13/h3-4,6-7,12-13,16H,2,5,8-9H2,1H3,(H,17,18)(H,19,20)/t12-,13?/m0/s1. The van der Waals surface area contributed by atoms with Crippen LogP contribution in [0.15, 0.2) is 24.3 Å². The number of nitrogens with one attached hydrogen (secondary N) is 2.